The van der Waals surface area contributed by atoms with E-state index in [2.05, 4.69) is 15.2 Å². The van der Waals surface area contributed by atoms with Gasteiger partial charge in [-0.25, -0.2) is 18.4 Å². The third-order valence-corrected chi connectivity index (χ3v) is 5.39. The molecule has 0 fully saturated rings. The third kappa shape index (κ3) is 3.83. The first-order valence-corrected chi connectivity index (χ1v) is 9.55. The van der Waals surface area contributed by atoms with Crippen molar-refractivity contribution in [1.29, 1.82) is 0 Å². The highest BCUT2D eigenvalue weighted by Crippen LogP contribution is 2.37. The van der Waals surface area contributed by atoms with Crippen molar-refractivity contribution in [3.05, 3.63) is 89.7 Å². The number of halogens is 3. The molecule has 0 aliphatic carbocycles. The Hall–Kier alpha value is -3.10. The third-order valence-electron chi connectivity index (χ3n) is 5.13. The predicted molar refractivity (Wildman–Crippen MR) is 108 cm³/mol. The molecule has 0 aliphatic rings. The maximum Gasteiger partial charge on any atom is 0.137 e. The van der Waals surface area contributed by atoms with Crippen molar-refractivity contribution in [2.24, 2.45) is 0 Å². The molecule has 6 nitrogen and oxygen atoms in total. The van der Waals surface area contributed by atoms with Crippen LogP contribution in [0.2, 0.25) is 5.02 Å². The molecule has 0 spiro atoms. The lowest BCUT2D eigenvalue weighted by Gasteiger charge is -2.34. The van der Waals surface area contributed by atoms with Crippen molar-refractivity contribution in [2.45, 2.75) is 25.1 Å². The molecule has 30 heavy (non-hydrogen) atoms. The fraction of sp³-hybridized carbons (Fsp3) is 0.190. The van der Waals surface area contributed by atoms with E-state index in [-0.39, 0.29) is 12.1 Å². The number of aromatic nitrogens is 5. The normalized spacial score (nSPS) is 14.4. The highest BCUT2D eigenvalue weighted by atomic mass is 35.5. The summed E-state index contributed by atoms with van der Waals surface area (Å²) in [4.78, 5) is 3.87. The molecule has 2 aromatic carbocycles. The van der Waals surface area contributed by atoms with Gasteiger partial charge in [0.05, 0.1) is 18.8 Å². The molecular weight excluding hydrogens is 412 g/mol. The molecule has 0 saturated heterocycles. The summed E-state index contributed by atoms with van der Waals surface area (Å²) in [6.45, 7) is 1.60. The standard InChI is InChI=1S/C21H18ClF2N5O/c1-14(29-10-16(9-26-29)15-2-4-17(22)5-3-15)21(30,11-28-13-25-12-27-28)19-7-6-18(23)8-20(19)24/h2-10,12-14,30H,11H2,1H3/t14-,21-/m1/s1. The second-order valence-electron chi connectivity index (χ2n) is 7.03. The fourth-order valence-electron chi connectivity index (χ4n) is 3.40. The van der Waals surface area contributed by atoms with E-state index < -0.39 is 23.3 Å². The van der Waals surface area contributed by atoms with Crippen LogP contribution in [0.3, 0.4) is 0 Å². The highest BCUT2D eigenvalue weighted by molar-refractivity contribution is 6.30. The molecule has 0 radical (unpaired) electrons. The number of aliphatic hydroxyl groups is 1. The smallest absolute Gasteiger partial charge is 0.137 e. The van der Waals surface area contributed by atoms with Gasteiger partial charge in [-0.2, -0.15) is 10.2 Å². The van der Waals surface area contributed by atoms with Crippen molar-refractivity contribution >= 4 is 11.6 Å². The van der Waals surface area contributed by atoms with E-state index in [1.165, 1.54) is 23.4 Å². The Morgan fingerprint density at radius 2 is 1.87 bits per heavy atom. The predicted octanol–water partition coefficient (Wildman–Crippen LogP) is 4.22. The number of benzene rings is 2. The van der Waals surface area contributed by atoms with E-state index in [4.69, 9.17) is 11.6 Å². The molecule has 2 heterocycles. The summed E-state index contributed by atoms with van der Waals surface area (Å²) in [5.74, 6) is -1.58. The van der Waals surface area contributed by atoms with Crippen LogP contribution in [0, 0.1) is 11.6 Å². The van der Waals surface area contributed by atoms with Gasteiger partial charge in [-0.1, -0.05) is 29.8 Å². The van der Waals surface area contributed by atoms with E-state index in [0.717, 1.165) is 23.3 Å². The maximum atomic E-state index is 14.7. The first-order chi connectivity index (χ1) is 14.4. The molecule has 1 N–H and O–H groups in total. The minimum Gasteiger partial charge on any atom is -0.381 e. The summed E-state index contributed by atoms with van der Waals surface area (Å²) in [6.07, 6.45) is 6.14. The van der Waals surface area contributed by atoms with Crippen molar-refractivity contribution in [1.82, 2.24) is 24.5 Å². The van der Waals surface area contributed by atoms with Gasteiger partial charge in [0.25, 0.3) is 0 Å². The number of hydrogen-bond acceptors (Lipinski definition) is 4. The van der Waals surface area contributed by atoms with Gasteiger partial charge < -0.3 is 5.11 Å². The minimum absolute atomic E-state index is 0.0598. The van der Waals surface area contributed by atoms with Gasteiger partial charge in [0.15, 0.2) is 0 Å². The van der Waals surface area contributed by atoms with Crippen LogP contribution in [-0.4, -0.2) is 29.7 Å². The molecule has 0 saturated carbocycles. The van der Waals surface area contributed by atoms with Crippen molar-refractivity contribution in [2.75, 3.05) is 0 Å². The quantitative estimate of drug-likeness (QED) is 0.498. The summed E-state index contributed by atoms with van der Waals surface area (Å²) in [6, 6.07) is 9.63. The van der Waals surface area contributed by atoms with Gasteiger partial charge in [0.1, 0.15) is 29.9 Å². The van der Waals surface area contributed by atoms with Crippen molar-refractivity contribution in [3.8, 4) is 11.1 Å². The van der Waals surface area contributed by atoms with Gasteiger partial charge in [0.2, 0.25) is 0 Å². The van der Waals surface area contributed by atoms with Crippen LogP contribution >= 0.6 is 11.6 Å². The van der Waals surface area contributed by atoms with E-state index >= 15 is 0 Å². The Balaban J connectivity index is 1.74. The molecule has 0 bridgehead atoms. The van der Waals surface area contributed by atoms with Gasteiger partial charge in [-0.3, -0.25) is 4.68 Å². The zero-order valence-electron chi connectivity index (χ0n) is 16.0. The van der Waals surface area contributed by atoms with Crippen LogP contribution in [0.5, 0.6) is 0 Å². The molecule has 154 valence electrons. The Labute approximate surface area is 176 Å². The maximum absolute atomic E-state index is 14.7. The zero-order chi connectivity index (χ0) is 21.3. The lowest BCUT2D eigenvalue weighted by molar-refractivity contribution is -0.0368. The summed E-state index contributed by atoms with van der Waals surface area (Å²) in [7, 11) is 0. The lowest BCUT2D eigenvalue weighted by atomic mass is 9.86. The minimum atomic E-state index is -1.78. The van der Waals surface area contributed by atoms with Gasteiger partial charge in [-0.05, 0) is 30.7 Å². The number of rotatable bonds is 6. The molecular formula is C21H18ClF2N5O. The second-order valence-corrected chi connectivity index (χ2v) is 7.47. The Morgan fingerprint density at radius 3 is 2.53 bits per heavy atom. The molecule has 0 aliphatic heterocycles. The Bertz CT molecular complexity index is 1150. The van der Waals surface area contributed by atoms with Crippen LogP contribution in [-0.2, 0) is 12.1 Å². The first-order valence-electron chi connectivity index (χ1n) is 9.17. The average molecular weight is 430 g/mol. The van der Waals surface area contributed by atoms with E-state index in [1.807, 2.05) is 12.1 Å². The Kier molecular flexibility index (Phi) is 5.36. The first kappa shape index (κ1) is 20.2. The monoisotopic (exact) mass is 429 g/mol. The van der Waals surface area contributed by atoms with Crippen LogP contribution in [0.15, 0.2) is 67.5 Å². The van der Waals surface area contributed by atoms with Gasteiger partial charge in [0, 0.05) is 28.4 Å². The Morgan fingerprint density at radius 1 is 1.10 bits per heavy atom. The number of nitrogens with zero attached hydrogens (tertiary/aromatic N) is 5. The summed E-state index contributed by atoms with van der Waals surface area (Å²) in [5.41, 5.74) is -0.142. The number of hydrogen-bond donors (Lipinski definition) is 1. The summed E-state index contributed by atoms with van der Waals surface area (Å²) < 4.78 is 31.1. The van der Waals surface area contributed by atoms with Gasteiger partial charge >= 0.3 is 0 Å². The fourth-order valence-corrected chi connectivity index (χ4v) is 3.53. The second kappa shape index (κ2) is 7.97. The van der Waals surface area contributed by atoms with Crippen molar-refractivity contribution in [3.63, 3.8) is 0 Å². The van der Waals surface area contributed by atoms with E-state index in [0.29, 0.717) is 5.02 Å². The summed E-state index contributed by atoms with van der Waals surface area (Å²) >= 11 is 5.95. The molecule has 0 unspecified atom stereocenters. The van der Waals surface area contributed by atoms with E-state index in [9.17, 15) is 13.9 Å². The summed E-state index contributed by atoms with van der Waals surface area (Å²) in [5, 5.41) is 20.6. The van der Waals surface area contributed by atoms with Crippen LogP contribution in [0.25, 0.3) is 11.1 Å². The van der Waals surface area contributed by atoms with Crippen LogP contribution in [0.4, 0.5) is 8.78 Å². The zero-order valence-corrected chi connectivity index (χ0v) is 16.7. The molecule has 9 heteroatoms. The molecule has 2 atom stereocenters. The molecule has 2 aromatic heterocycles. The lowest BCUT2D eigenvalue weighted by Crippen LogP contribution is -2.40. The molecule has 4 rings (SSSR count). The van der Waals surface area contributed by atoms with Crippen LogP contribution in [0.1, 0.15) is 18.5 Å². The largest absolute Gasteiger partial charge is 0.381 e. The SMILES string of the molecule is C[C@@H](n1cc(-c2ccc(Cl)cc2)cn1)[C@](O)(Cn1cncn1)c1ccc(F)cc1F. The van der Waals surface area contributed by atoms with Crippen molar-refractivity contribution < 1.29 is 13.9 Å². The van der Waals surface area contributed by atoms with Gasteiger partial charge in [-0.15, -0.1) is 0 Å². The topological polar surface area (TPSA) is 68.8 Å². The van der Waals surface area contributed by atoms with E-state index in [1.54, 1.807) is 36.1 Å². The molecule has 0 amide bonds. The molecule has 4 aromatic rings. The average Bonchev–Trinajstić information content (AvgIpc) is 3.40. The van der Waals surface area contributed by atoms with Crippen LogP contribution < -0.4 is 0 Å². The highest BCUT2D eigenvalue weighted by Gasteiger charge is 2.40.